The normalized spacial score (nSPS) is 13.2. The monoisotopic (exact) mass is 324 g/mol. The molecule has 0 unspecified atom stereocenters. The average molecular weight is 324 g/mol. The molecule has 2 aromatic carbocycles. The highest BCUT2D eigenvalue weighted by molar-refractivity contribution is 5.82. The molecular formula is C20H20O4. The number of carboxylic acid groups (broad SMARTS) is 1. The van der Waals surface area contributed by atoms with Gasteiger partial charge in [-0.15, -0.1) is 0 Å². The zero-order valence-corrected chi connectivity index (χ0v) is 13.8. The smallest absolute Gasteiger partial charge is 0.309 e. The van der Waals surface area contributed by atoms with Crippen LogP contribution in [-0.4, -0.2) is 23.7 Å². The quantitative estimate of drug-likeness (QED) is 0.849. The summed E-state index contributed by atoms with van der Waals surface area (Å²) >= 11 is 0. The van der Waals surface area contributed by atoms with Crippen LogP contribution >= 0.6 is 0 Å². The van der Waals surface area contributed by atoms with Crippen molar-refractivity contribution in [3.8, 4) is 11.1 Å². The summed E-state index contributed by atoms with van der Waals surface area (Å²) < 4.78 is 5.42. The van der Waals surface area contributed by atoms with Crippen molar-refractivity contribution in [3.05, 3.63) is 59.7 Å². The van der Waals surface area contributed by atoms with E-state index in [9.17, 15) is 9.59 Å². The topological polar surface area (TPSA) is 63.6 Å². The summed E-state index contributed by atoms with van der Waals surface area (Å²) in [5, 5.41) is 9.12. The molecule has 0 amide bonds. The molecular weight excluding hydrogens is 304 g/mol. The minimum absolute atomic E-state index is 0.00529. The lowest BCUT2D eigenvalue weighted by Crippen LogP contribution is -2.28. The lowest BCUT2D eigenvalue weighted by Gasteiger charge is -2.19. The van der Waals surface area contributed by atoms with Crippen LogP contribution in [0.2, 0.25) is 0 Å². The summed E-state index contributed by atoms with van der Waals surface area (Å²) in [5.41, 5.74) is 3.50. The van der Waals surface area contributed by atoms with Crippen molar-refractivity contribution < 1.29 is 19.4 Å². The summed E-state index contributed by atoms with van der Waals surface area (Å²) in [6.45, 7) is 3.27. The van der Waals surface area contributed by atoms with Crippen molar-refractivity contribution in [3.63, 3.8) is 0 Å². The van der Waals surface area contributed by atoms with E-state index in [0.29, 0.717) is 0 Å². The number of rotatable bonds is 5. The molecule has 0 spiro atoms. The van der Waals surface area contributed by atoms with E-state index in [4.69, 9.17) is 9.84 Å². The molecule has 1 aliphatic rings. The fourth-order valence-electron chi connectivity index (χ4n) is 3.10. The Kier molecular flexibility index (Phi) is 4.14. The Bertz CT molecular complexity index is 746. The van der Waals surface area contributed by atoms with Crippen LogP contribution in [0.5, 0.6) is 0 Å². The molecule has 0 saturated carbocycles. The zero-order valence-electron chi connectivity index (χ0n) is 13.8. The van der Waals surface area contributed by atoms with Crippen molar-refractivity contribution in [1.29, 1.82) is 0 Å². The zero-order chi connectivity index (χ0) is 17.3. The van der Waals surface area contributed by atoms with Gasteiger partial charge in [0, 0.05) is 5.92 Å². The highest BCUT2D eigenvalue weighted by atomic mass is 16.5. The van der Waals surface area contributed by atoms with Crippen LogP contribution in [0.3, 0.4) is 0 Å². The van der Waals surface area contributed by atoms with E-state index in [0.717, 1.165) is 11.1 Å². The van der Waals surface area contributed by atoms with Gasteiger partial charge in [0.2, 0.25) is 0 Å². The van der Waals surface area contributed by atoms with Crippen molar-refractivity contribution >= 4 is 11.9 Å². The first kappa shape index (κ1) is 16.2. The van der Waals surface area contributed by atoms with Gasteiger partial charge >= 0.3 is 11.9 Å². The predicted octanol–water partition coefficient (Wildman–Crippen LogP) is 3.84. The number of carboxylic acids is 1. The van der Waals surface area contributed by atoms with Crippen molar-refractivity contribution in [2.24, 2.45) is 5.41 Å². The second-order valence-electron chi connectivity index (χ2n) is 6.78. The van der Waals surface area contributed by atoms with Crippen LogP contribution in [0.1, 0.15) is 37.3 Å². The molecule has 0 fully saturated rings. The highest BCUT2D eigenvalue weighted by Crippen LogP contribution is 2.44. The van der Waals surface area contributed by atoms with E-state index in [1.807, 2.05) is 24.3 Å². The molecule has 0 aliphatic heterocycles. The maximum absolute atomic E-state index is 12.1. The lowest BCUT2D eigenvalue weighted by molar-refractivity contribution is -0.156. The van der Waals surface area contributed by atoms with E-state index in [1.165, 1.54) is 25.0 Å². The largest absolute Gasteiger partial charge is 0.481 e. The van der Waals surface area contributed by atoms with Gasteiger partial charge in [0.15, 0.2) is 0 Å². The first-order valence-corrected chi connectivity index (χ1v) is 7.97. The standard InChI is InChI=1S/C20H20O4/c1-20(2,19(22)23)11-18(21)24-12-17-15-9-5-3-7-13(15)14-8-4-6-10-16(14)17/h3-10,17H,11-12H2,1-2H3,(H,22,23). The summed E-state index contributed by atoms with van der Waals surface area (Å²) in [5.74, 6) is -1.49. The van der Waals surface area contributed by atoms with Crippen LogP contribution in [-0.2, 0) is 14.3 Å². The second kappa shape index (κ2) is 6.11. The molecule has 1 N–H and O–H groups in total. The molecule has 3 rings (SSSR count). The summed E-state index contributed by atoms with van der Waals surface area (Å²) in [6, 6.07) is 16.2. The number of carbonyl (C=O) groups is 2. The van der Waals surface area contributed by atoms with Crippen molar-refractivity contribution in [2.45, 2.75) is 26.2 Å². The Morgan fingerprint density at radius 2 is 1.50 bits per heavy atom. The first-order valence-electron chi connectivity index (χ1n) is 7.97. The highest BCUT2D eigenvalue weighted by Gasteiger charge is 2.33. The molecule has 0 saturated heterocycles. The third kappa shape index (κ3) is 2.92. The Balaban J connectivity index is 1.76. The average Bonchev–Trinajstić information content (AvgIpc) is 2.86. The number of ether oxygens (including phenoxy) is 1. The predicted molar refractivity (Wildman–Crippen MR) is 90.7 cm³/mol. The van der Waals surface area contributed by atoms with E-state index in [-0.39, 0.29) is 18.9 Å². The second-order valence-corrected chi connectivity index (χ2v) is 6.78. The van der Waals surface area contributed by atoms with E-state index in [2.05, 4.69) is 24.3 Å². The van der Waals surface area contributed by atoms with E-state index < -0.39 is 17.4 Å². The van der Waals surface area contributed by atoms with Crippen LogP contribution in [0.4, 0.5) is 0 Å². The molecule has 0 heterocycles. The molecule has 4 nitrogen and oxygen atoms in total. The number of aliphatic carboxylic acids is 1. The summed E-state index contributed by atoms with van der Waals surface area (Å²) in [7, 11) is 0. The van der Waals surface area contributed by atoms with Gasteiger partial charge in [-0.25, -0.2) is 0 Å². The van der Waals surface area contributed by atoms with Gasteiger partial charge in [0.05, 0.1) is 11.8 Å². The van der Waals surface area contributed by atoms with Crippen LogP contribution in [0.25, 0.3) is 11.1 Å². The Morgan fingerprint density at radius 3 is 2.00 bits per heavy atom. The fourth-order valence-corrected chi connectivity index (χ4v) is 3.10. The molecule has 124 valence electrons. The summed E-state index contributed by atoms with van der Waals surface area (Å²) in [6.07, 6.45) is -0.141. The number of esters is 1. The minimum Gasteiger partial charge on any atom is -0.481 e. The van der Waals surface area contributed by atoms with Crippen LogP contribution in [0, 0.1) is 5.41 Å². The Labute approximate surface area is 141 Å². The molecule has 0 radical (unpaired) electrons. The summed E-state index contributed by atoms with van der Waals surface area (Å²) in [4.78, 5) is 23.2. The fraction of sp³-hybridized carbons (Fsp3) is 0.300. The number of carbonyl (C=O) groups excluding carboxylic acids is 1. The van der Waals surface area contributed by atoms with Gasteiger partial charge in [-0.05, 0) is 36.1 Å². The lowest BCUT2D eigenvalue weighted by atomic mass is 9.90. The maximum Gasteiger partial charge on any atom is 0.309 e. The Hall–Kier alpha value is -2.62. The molecule has 4 heteroatoms. The molecule has 0 aromatic heterocycles. The van der Waals surface area contributed by atoms with Crippen LogP contribution < -0.4 is 0 Å². The molecule has 24 heavy (non-hydrogen) atoms. The number of fused-ring (bicyclic) bond motifs is 3. The molecule has 2 aromatic rings. The van der Waals surface area contributed by atoms with Crippen molar-refractivity contribution in [2.75, 3.05) is 6.61 Å². The first-order chi connectivity index (χ1) is 11.4. The number of hydrogen-bond acceptors (Lipinski definition) is 3. The van der Waals surface area contributed by atoms with Gasteiger partial charge in [-0.2, -0.15) is 0 Å². The SMILES string of the molecule is CC(C)(CC(=O)OCC1c2ccccc2-c2ccccc21)C(=O)O. The van der Waals surface area contributed by atoms with E-state index in [1.54, 1.807) is 0 Å². The molecule has 1 aliphatic carbocycles. The number of hydrogen-bond donors (Lipinski definition) is 1. The van der Waals surface area contributed by atoms with Gasteiger partial charge in [-0.1, -0.05) is 48.5 Å². The minimum atomic E-state index is -1.12. The van der Waals surface area contributed by atoms with Crippen LogP contribution in [0.15, 0.2) is 48.5 Å². The van der Waals surface area contributed by atoms with Gasteiger partial charge in [0.1, 0.15) is 6.61 Å². The Morgan fingerprint density at radius 1 is 1.00 bits per heavy atom. The third-order valence-corrected chi connectivity index (χ3v) is 4.54. The maximum atomic E-state index is 12.1. The van der Waals surface area contributed by atoms with E-state index >= 15 is 0 Å². The third-order valence-electron chi connectivity index (χ3n) is 4.54. The van der Waals surface area contributed by atoms with Crippen molar-refractivity contribution in [1.82, 2.24) is 0 Å². The van der Waals surface area contributed by atoms with Gasteiger partial charge in [0.25, 0.3) is 0 Å². The molecule has 0 atom stereocenters. The van der Waals surface area contributed by atoms with Gasteiger partial charge in [-0.3, -0.25) is 9.59 Å². The molecule has 0 bridgehead atoms. The number of benzene rings is 2. The van der Waals surface area contributed by atoms with Gasteiger partial charge < -0.3 is 9.84 Å².